The van der Waals surface area contributed by atoms with E-state index >= 15 is 0 Å². The van der Waals surface area contributed by atoms with Crippen LogP contribution in [0.3, 0.4) is 0 Å². The molecule has 0 saturated heterocycles. The van der Waals surface area contributed by atoms with Crippen LogP contribution >= 0.6 is 0 Å². The molecule has 0 spiro atoms. The summed E-state index contributed by atoms with van der Waals surface area (Å²) in [6, 6.07) is 97.8. The third kappa shape index (κ3) is 6.76. The first-order chi connectivity index (χ1) is 31.3. The highest BCUT2D eigenvalue weighted by molar-refractivity contribution is 7.19. The van der Waals surface area contributed by atoms with Crippen LogP contribution in [0.2, 0.25) is 0 Å². The van der Waals surface area contributed by atoms with Crippen molar-refractivity contribution in [2.45, 2.75) is 0 Å². The molecule has 0 saturated carbocycles. The van der Waals surface area contributed by atoms with Gasteiger partial charge in [0, 0.05) is 33.4 Å². The Balaban J connectivity index is 1.10. The summed E-state index contributed by atoms with van der Waals surface area (Å²) in [5.74, 6) is 0. The molecular formula is C60H44N2Si. The Kier molecular flexibility index (Phi) is 9.93. The van der Waals surface area contributed by atoms with E-state index in [0.717, 1.165) is 28.3 Å². The summed E-state index contributed by atoms with van der Waals surface area (Å²) in [6.45, 7) is 0. The molecule has 0 amide bonds. The van der Waals surface area contributed by atoms with E-state index in [1.54, 1.807) is 0 Å². The Hall–Kier alpha value is -7.98. The summed E-state index contributed by atoms with van der Waals surface area (Å²) < 4.78 is 2.45. The number of hydrogen-bond donors (Lipinski definition) is 0. The fraction of sp³-hybridized carbons (Fsp3) is 0. The van der Waals surface area contributed by atoms with Gasteiger partial charge in [-0.2, -0.15) is 0 Å². The molecule has 0 aliphatic carbocycles. The highest BCUT2D eigenvalue weighted by Gasteiger charge is 2.41. The minimum absolute atomic E-state index is 1.09. The molecule has 2 nitrogen and oxygen atoms in total. The SMILES string of the molecule is c1ccc(-c2ccc(N(c3ccc4c5ccccc5n(-c5ccc([Si](c6ccccc6)(c6ccccc6)c6ccccc6)cc5)c4c3)c3ccccc3-c3ccccc3)cc2)cc1. The molecular weight excluding hydrogens is 777 g/mol. The molecule has 0 fully saturated rings. The van der Waals surface area contributed by atoms with Crippen molar-refractivity contribution in [1.82, 2.24) is 4.57 Å². The van der Waals surface area contributed by atoms with Crippen LogP contribution in [0.5, 0.6) is 0 Å². The maximum atomic E-state index is 2.45. The number of benzene rings is 10. The molecule has 0 aliphatic heterocycles. The molecule has 0 bridgehead atoms. The van der Waals surface area contributed by atoms with E-state index in [0.29, 0.717) is 0 Å². The molecule has 1 heterocycles. The highest BCUT2D eigenvalue weighted by atomic mass is 28.3. The summed E-state index contributed by atoms with van der Waals surface area (Å²) in [5, 5.41) is 7.89. The van der Waals surface area contributed by atoms with Gasteiger partial charge in [-0.05, 0) is 86.0 Å². The number of rotatable bonds is 10. The Bertz CT molecular complexity index is 3200. The molecule has 3 heteroatoms. The van der Waals surface area contributed by atoms with Crippen LogP contribution < -0.4 is 25.6 Å². The molecule has 0 unspecified atom stereocenters. The van der Waals surface area contributed by atoms with Crippen LogP contribution in [0.4, 0.5) is 17.1 Å². The zero-order chi connectivity index (χ0) is 42.0. The smallest absolute Gasteiger partial charge is 0.179 e. The predicted octanol–water partition coefficient (Wildman–Crippen LogP) is 13.0. The zero-order valence-electron chi connectivity index (χ0n) is 34.8. The number of anilines is 3. The first kappa shape index (κ1) is 38.0. The Morgan fingerprint density at radius 2 is 0.746 bits per heavy atom. The summed E-state index contributed by atoms with van der Waals surface area (Å²) in [4.78, 5) is 2.42. The fourth-order valence-corrected chi connectivity index (χ4v) is 14.4. The van der Waals surface area contributed by atoms with Crippen molar-refractivity contribution in [3.05, 3.63) is 267 Å². The lowest BCUT2D eigenvalue weighted by Gasteiger charge is -2.34. The van der Waals surface area contributed by atoms with Gasteiger partial charge >= 0.3 is 0 Å². The van der Waals surface area contributed by atoms with Crippen molar-refractivity contribution in [3.63, 3.8) is 0 Å². The second-order valence-electron chi connectivity index (χ2n) is 16.1. The van der Waals surface area contributed by atoms with Crippen LogP contribution in [-0.4, -0.2) is 12.6 Å². The number of fused-ring (bicyclic) bond motifs is 3. The van der Waals surface area contributed by atoms with Gasteiger partial charge in [-0.25, -0.2) is 0 Å². The molecule has 0 radical (unpaired) electrons. The van der Waals surface area contributed by atoms with Gasteiger partial charge in [0.1, 0.15) is 0 Å². The Morgan fingerprint density at radius 3 is 1.35 bits per heavy atom. The predicted molar refractivity (Wildman–Crippen MR) is 270 cm³/mol. The fourth-order valence-electron chi connectivity index (χ4n) is 9.69. The van der Waals surface area contributed by atoms with Crippen molar-refractivity contribution in [1.29, 1.82) is 0 Å². The van der Waals surface area contributed by atoms with Gasteiger partial charge in [-0.15, -0.1) is 0 Å². The van der Waals surface area contributed by atoms with Crippen molar-refractivity contribution in [2.75, 3.05) is 4.90 Å². The van der Waals surface area contributed by atoms with Gasteiger partial charge in [0.05, 0.1) is 16.7 Å². The molecule has 1 aromatic heterocycles. The van der Waals surface area contributed by atoms with E-state index in [1.807, 2.05) is 0 Å². The molecule has 63 heavy (non-hydrogen) atoms. The monoisotopic (exact) mass is 820 g/mol. The van der Waals surface area contributed by atoms with E-state index < -0.39 is 8.07 Å². The van der Waals surface area contributed by atoms with Gasteiger partial charge in [0.2, 0.25) is 0 Å². The van der Waals surface area contributed by atoms with Crippen molar-refractivity contribution in [2.24, 2.45) is 0 Å². The topological polar surface area (TPSA) is 8.17 Å². The van der Waals surface area contributed by atoms with Gasteiger partial charge < -0.3 is 9.47 Å². The van der Waals surface area contributed by atoms with Crippen molar-refractivity contribution >= 4 is 67.7 Å². The van der Waals surface area contributed by atoms with Crippen LogP contribution in [0.25, 0.3) is 49.7 Å². The normalized spacial score (nSPS) is 11.5. The van der Waals surface area contributed by atoms with E-state index in [9.17, 15) is 0 Å². The van der Waals surface area contributed by atoms with Crippen molar-refractivity contribution < 1.29 is 0 Å². The molecule has 0 N–H and O–H groups in total. The van der Waals surface area contributed by atoms with E-state index in [-0.39, 0.29) is 0 Å². The van der Waals surface area contributed by atoms with Crippen LogP contribution in [0.15, 0.2) is 267 Å². The lowest BCUT2D eigenvalue weighted by atomic mass is 10.0. The van der Waals surface area contributed by atoms with E-state index in [2.05, 4.69) is 276 Å². The van der Waals surface area contributed by atoms with Crippen LogP contribution in [-0.2, 0) is 0 Å². The Morgan fingerprint density at radius 1 is 0.302 bits per heavy atom. The lowest BCUT2D eigenvalue weighted by Crippen LogP contribution is -2.74. The molecule has 10 aromatic carbocycles. The summed E-state index contributed by atoms with van der Waals surface area (Å²) in [5.41, 5.74) is 11.5. The second-order valence-corrected chi connectivity index (χ2v) is 19.9. The average molecular weight is 821 g/mol. The van der Waals surface area contributed by atoms with Gasteiger partial charge in [-0.3, -0.25) is 0 Å². The average Bonchev–Trinajstić information content (AvgIpc) is 3.70. The number of para-hydroxylation sites is 2. The van der Waals surface area contributed by atoms with Crippen LogP contribution in [0.1, 0.15) is 0 Å². The summed E-state index contributed by atoms with van der Waals surface area (Å²) in [6.07, 6.45) is 0. The largest absolute Gasteiger partial charge is 0.310 e. The lowest BCUT2D eigenvalue weighted by molar-refractivity contribution is 1.18. The van der Waals surface area contributed by atoms with E-state index in [1.165, 1.54) is 59.3 Å². The number of nitrogens with zero attached hydrogens (tertiary/aromatic N) is 2. The third-order valence-corrected chi connectivity index (χ3v) is 17.4. The number of aromatic nitrogens is 1. The zero-order valence-corrected chi connectivity index (χ0v) is 35.8. The maximum Gasteiger partial charge on any atom is 0.179 e. The van der Waals surface area contributed by atoms with Gasteiger partial charge in [0.15, 0.2) is 8.07 Å². The Labute approximate surface area is 370 Å². The minimum atomic E-state index is -2.69. The molecule has 11 aromatic rings. The van der Waals surface area contributed by atoms with E-state index in [4.69, 9.17) is 0 Å². The standard InChI is InChI=1S/C60H44N2Si/c1-6-20-45(21-7-1)46-34-36-48(37-35-46)61(58-32-18-16-30-55(58)47-22-8-2-9-23-47)50-40-43-57-56-31-17-19-33-59(56)62(60(57)44-50)49-38-41-54(42-39-49)63(51-24-10-3-11-25-51,52-26-12-4-13-27-52)53-28-14-5-15-29-53/h1-44H. The first-order valence-corrected chi connectivity index (χ1v) is 23.7. The second kappa shape index (κ2) is 16.5. The van der Waals surface area contributed by atoms with Crippen LogP contribution in [0, 0.1) is 0 Å². The molecule has 298 valence electrons. The van der Waals surface area contributed by atoms with Gasteiger partial charge in [-0.1, -0.05) is 218 Å². The third-order valence-electron chi connectivity index (χ3n) is 12.6. The summed E-state index contributed by atoms with van der Waals surface area (Å²) >= 11 is 0. The molecule has 11 rings (SSSR count). The quantitative estimate of drug-likeness (QED) is 0.0985. The van der Waals surface area contributed by atoms with Gasteiger partial charge in [0.25, 0.3) is 0 Å². The molecule has 0 atom stereocenters. The maximum absolute atomic E-state index is 2.69. The molecule has 0 aliphatic rings. The highest BCUT2D eigenvalue weighted by Crippen LogP contribution is 2.43. The number of hydrogen-bond acceptors (Lipinski definition) is 1. The minimum Gasteiger partial charge on any atom is -0.310 e. The summed E-state index contributed by atoms with van der Waals surface area (Å²) in [7, 11) is -2.69. The van der Waals surface area contributed by atoms with Crippen molar-refractivity contribution in [3.8, 4) is 27.9 Å². The first-order valence-electron chi connectivity index (χ1n) is 21.7.